The van der Waals surface area contributed by atoms with Crippen molar-refractivity contribution in [3.8, 4) is 46.0 Å². The number of benzene rings is 8. The minimum atomic E-state index is -4.83. The Morgan fingerprint density at radius 2 is 0.707 bits per heavy atom. The number of aromatic nitrogens is 8. The number of hydrogen-bond acceptors (Lipinski definition) is 20. The maximum absolute atomic E-state index is 14.8. The normalized spacial score (nSPS) is 14.2. The van der Waals surface area contributed by atoms with Gasteiger partial charge in [0.05, 0.1) is 141 Å². The quantitative estimate of drug-likeness (QED) is 0.0395. The fraction of sp³-hybridized carbons (Fsp3) is 0.373. The van der Waals surface area contributed by atoms with Crippen LogP contribution in [-0.4, -0.2) is 174 Å². The van der Waals surface area contributed by atoms with Crippen LogP contribution in [0.2, 0.25) is 5.02 Å². The Balaban J connectivity index is 0.000000160. The van der Waals surface area contributed by atoms with Gasteiger partial charge in [0.25, 0.3) is 0 Å². The summed E-state index contributed by atoms with van der Waals surface area (Å²) in [5.74, 6) is -1.78. The molecule has 0 aliphatic heterocycles. The molecule has 0 spiro atoms. The average molecular weight is 1820 g/mol. The van der Waals surface area contributed by atoms with Gasteiger partial charge in [-0.05, 0) is 179 Å². The molecular formula is C83H90ClF7N8O20S4. The highest BCUT2D eigenvalue weighted by Gasteiger charge is 2.38. The summed E-state index contributed by atoms with van der Waals surface area (Å²) in [6, 6.07) is 27.7. The van der Waals surface area contributed by atoms with E-state index < -0.39 is 132 Å². The van der Waals surface area contributed by atoms with Crippen molar-refractivity contribution in [3.63, 3.8) is 0 Å². The van der Waals surface area contributed by atoms with Gasteiger partial charge < -0.3 is 47.9 Å². The maximum Gasteiger partial charge on any atom is 0.416 e. The summed E-state index contributed by atoms with van der Waals surface area (Å²) in [5, 5.41) is 0.529. The number of sulfone groups is 4. The Labute approximate surface area is 706 Å². The van der Waals surface area contributed by atoms with Gasteiger partial charge in [-0.2, -0.15) is 13.2 Å². The van der Waals surface area contributed by atoms with Crippen molar-refractivity contribution in [1.29, 1.82) is 0 Å². The third kappa shape index (κ3) is 21.5. The second kappa shape index (κ2) is 37.5. The highest BCUT2D eigenvalue weighted by Crippen LogP contribution is 2.43. The highest BCUT2D eigenvalue weighted by molar-refractivity contribution is 7.91. The first-order chi connectivity index (χ1) is 58.0. The molecule has 2 aliphatic rings. The summed E-state index contributed by atoms with van der Waals surface area (Å²) < 4.78 is 246. The molecule has 0 radical (unpaired) electrons. The number of nitrogens with one attached hydrogen (secondary N) is 2. The number of rotatable bonds is 30. The first kappa shape index (κ1) is 92.6. The summed E-state index contributed by atoms with van der Waals surface area (Å²) in [6.45, 7) is 8.61. The number of methoxy groups -OCH3 is 4. The van der Waals surface area contributed by atoms with E-state index in [-0.39, 0.29) is 70.0 Å². The van der Waals surface area contributed by atoms with Gasteiger partial charge in [0, 0.05) is 48.2 Å². The van der Waals surface area contributed by atoms with Crippen molar-refractivity contribution >= 4 is 95.1 Å². The lowest BCUT2D eigenvalue weighted by molar-refractivity contribution is -0.137. The number of alkyl halides is 3. The van der Waals surface area contributed by atoms with Gasteiger partial charge in [-0.3, -0.25) is 27.4 Å². The molecule has 0 bridgehead atoms. The molecule has 28 nitrogen and oxygen atoms in total. The second-order valence-electron chi connectivity index (χ2n) is 29.3. The summed E-state index contributed by atoms with van der Waals surface area (Å²) in [4.78, 5) is 56.9. The van der Waals surface area contributed by atoms with Crippen LogP contribution in [0.4, 0.5) is 30.7 Å². The molecule has 40 heteroatoms. The zero-order valence-corrected chi connectivity index (χ0v) is 72.7. The van der Waals surface area contributed by atoms with Gasteiger partial charge in [0.1, 0.15) is 67.8 Å². The van der Waals surface area contributed by atoms with E-state index in [0.717, 1.165) is 65.2 Å². The molecule has 2 aliphatic carbocycles. The van der Waals surface area contributed by atoms with Gasteiger partial charge in [-0.1, -0.05) is 35.9 Å². The molecule has 14 rings (SSSR count). The Morgan fingerprint density at radius 1 is 0.390 bits per heavy atom. The monoisotopic (exact) mass is 1810 g/mol. The van der Waals surface area contributed by atoms with E-state index in [4.69, 9.17) is 49.5 Å². The highest BCUT2D eigenvalue weighted by atomic mass is 35.5. The van der Waals surface area contributed by atoms with Crippen LogP contribution in [0.25, 0.3) is 44.1 Å². The largest absolute Gasteiger partial charge is 0.493 e. The van der Waals surface area contributed by atoms with Crippen LogP contribution in [0.15, 0.2) is 153 Å². The molecule has 8 aromatic carbocycles. The molecule has 0 saturated heterocycles. The SMILES string of the molecule is CCOc1cc(C(CS(C)(=O)=O)n2c(=O)[nH]c3cc(C(F)(F)F)cc(F)c32)ccc1OC.CCOc1cc(C(CS(C)(=O)=O)n2c(=O)[nH]c3cc(F)cc(F)c32)ccc1OC.CCOc1cc(C(CS(C)(=O)=O)n2c(=O)n(C3CC3)c3cc(Cl)ccc32)ccc1OC.CCOc1cc(C(CS(C)(=O)=O)n2c(=O)n(C3CC3)c3cc(F)ccc32)ccc1OC. The first-order valence-corrected chi connectivity index (χ1v) is 47.0. The van der Waals surface area contributed by atoms with Crippen LogP contribution in [0.3, 0.4) is 0 Å². The summed E-state index contributed by atoms with van der Waals surface area (Å²) >= 11 is 6.22. The van der Waals surface area contributed by atoms with Crippen LogP contribution >= 0.6 is 11.6 Å². The molecule has 4 atom stereocenters. The number of H-pyrrole nitrogens is 2. The molecule has 662 valence electrons. The van der Waals surface area contributed by atoms with E-state index in [2.05, 4.69) is 9.97 Å². The second-order valence-corrected chi connectivity index (χ2v) is 38.5. The van der Waals surface area contributed by atoms with Crippen molar-refractivity contribution in [3.05, 3.63) is 232 Å². The molecular weight excluding hydrogens is 1730 g/mol. The first-order valence-electron chi connectivity index (χ1n) is 38.3. The molecule has 4 heterocycles. The van der Waals surface area contributed by atoms with Gasteiger partial charge >= 0.3 is 28.9 Å². The lowest BCUT2D eigenvalue weighted by Gasteiger charge is -2.20. The molecule has 0 amide bonds. The summed E-state index contributed by atoms with van der Waals surface area (Å²) in [5.41, 5.74) is -0.455. The number of ether oxygens (including phenoxy) is 8. The predicted molar refractivity (Wildman–Crippen MR) is 452 cm³/mol. The Hall–Kier alpha value is -11.2. The van der Waals surface area contributed by atoms with Crippen LogP contribution in [0.5, 0.6) is 46.0 Å². The number of nitrogens with zero attached hydrogens (tertiary/aromatic N) is 6. The smallest absolute Gasteiger partial charge is 0.416 e. The standard InChI is InChI=1S/C22H25ClN2O5S.C22H25FN2O5S.C20H20F4N2O5S.C19H20F2N2O5S/c2*1-4-30-21-11-14(5-10-20(21)29-2)19(13-31(3,27)28)25-17-9-6-15(23)12-18(17)24(22(25)26)16-7-8-16;1-4-31-17-7-11(5-6-16(17)30-2)15(10-32(3,28)29)26-18-13(21)8-12(20(22,23)24)9-14(18)25-19(26)27;1-4-28-17-7-11(5-6-16(17)27-2)15(10-29(3,25)26)23-18-13(21)8-12(20)9-14(18)22-19(23)24/h2*5-6,9-12,16,19H,4,7-8,13H2,1-3H3;5-9,15H,4,10H2,1-3H3,(H,25,27);5-9,15H,4,10H2,1-3H3,(H,22,24). The van der Waals surface area contributed by atoms with Crippen LogP contribution in [-0.2, 0) is 45.5 Å². The molecule has 12 aromatic rings. The minimum Gasteiger partial charge on any atom is -0.493 e. The zero-order valence-electron chi connectivity index (χ0n) is 68.7. The maximum atomic E-state index is 14.8. The topological polar surface area (TPSA) is 340 Å². The molecule has 2 fully saturated rings. The lowest BCUT2D eigenvalue weighted by atomic mass is 10.1. The van der Waals surface area contributed by atoms with Gasteiger partial charge in [0.2, 0.25) is 0 Å². The fourth-order valence-corrected chi connectivity index (χ4v) is 18.5. The molecule has 2 N–H and O–H groups in total. The Morgan fingerprint density at radius 3 is 1.02 bits per heavy atom. The fourth-order valence-electron chi connectivity index (χ4n) is 14.7. The predicted octanol–water partition coefficient (Wildman–Crippen LogP) is 13.3. The van der Waals surface area contributed by atoms with Crippen LogP contribution < -0.4 is 60.7 Å². The van der Waals surface area contributed by atoms with Gasteiger partial charge in [-0.25, -0.2) is 70.4 Å². The molecule has 4 unspecified atom stereocenters. The van der Waals surface area contributed by atoms with E-state index in [1.807, 2.05) is 13.8 Å². The van der Waals surface area contributed by atoms with Crippen LogP contribution in [0, 0.1) is 23.3 Å². The number of halogens is 8. The lowest BCUT2D eigenvalue weighted by Crippen LogP contribution is -2.31. The van der Waals surface area contributed by atoms with E-state index in [9.17, 15) is 83.6 Å². The Bertz CT molecular complexity index is 6510. The number of aromatic amines is 2. The molecule has 2 saturated carbocycles. The average Bonchev–Trinajstić information content (AvgIpc) is 1.58. The molecule has 123 heavy (non-hydrogen) atoms. The van der Waals surface area contributed by atoms with Crippen molar-refractivity contribution in [2.24, 2.45) is 0 Å². The summed E-state index contributed by atoms with van der Waals surface area (Å²) in [7, 11) is -8.25. The number of imidazole rings is 4. The zero-order chi connectivity index (χ0) is 89.9. The minimum absolute atomic E-state index is 0.00628. The number of fused-ring (bicyclic) bond motifs is 4. The van der Waals surface area contributed by atoms with Gasteiger partial charge in [0.15, 0.2) is 51.8 Å². The third-order valence-corrected chi connectivity index (χ3v) is 23.9. The Kier molecular flexibility index (Phi) is 28.2. The third-order valence-electron chi connectivity index (χ3n) is 20.0. The van der Waals surface area contributed by atoms with E-state index in [0.29, 0.717) is 110 Å². The summed E-state index contributed by atoms with van der Waals surface area (Å²) in [6.07, 6.45) is 2.94. The molecule has 4 aromatic heterocycles. The van der Waals surface area contributed by atoms with Crippen molar-refractivity contribution in [1.82, 2.24) is 37.4 Å². The van der Waals surface area contributed by atoms with Gasteiger partial charge in [-0.15, -0.1) is 0 Å². The van der Waals surface area contributed by atoms with Crippen molar-refractivity contribution in [2.75, 3.05) is 103 Å². The van der Waals surface area contributed by atoms with E-state index in [1.165, 1.54) is 68.6 Å². The van der Waals surface area contributed by atoms with Crippen molar-refractivity contribution in [2.45, 2.75) is 95.8 Å². The van der Waals surface area contributed by atoms with E-state index in [1.54, 1.807) is 107 Å². The van der Waals surface area contributed by atoms with E-state index >= 15 is 0 Å². The number of hydrogen-bond donors (Lipinski definition) is 2. The van der Waals surface area contributed by atoms with Crippen LogP contribution in [0.1, 0.15) is 117 Å². The van der Waals surface area contributed by atoms with Crippen molar-refractivity contribution < 1.29 is 102 Å².